The van der Waals surface area contributed by atoms with Crippen molar-refractivity contribution in [1.82, 2.24) is 10.1 Å². The summed E-state index contributed by atoms with van der Waals surface area (Å²) in [6, 6.07) is 1.72. The lowest BCUT2D eigenvalue weighted by molar-refractivity contribution is 0.0745. The number of aromatic nitrogens is 1. The molecule has 0 aliphatic carbocycles. The molecule has 2 atom stereocenters. The van der Waals surface area contributed by atoms with Gasteiger partial charge in [-0.25, -0.2) is 0 Å². The Bertz CT molecular complexity index is 364. The van der Waals surface area contributed by atoms with Crippen LogP contribution in [-0.2, 0) is 0 Å². The molecule has 5 nitrogen and oxygen atoms in total. The molecule has 82 valence electrons. The first-order valence-electron chi connectivity index (χ1n) is 5.06. The first-order valence-corrected chi connectivity index (χ1v) is 5.06. The van der Waals surface area contributed by atoms with Crippen LogP contribution in [0.1, 0.15) is 23.2 Å². The second-order valence-corrected chi connectivity index (χ2v) is 4.18. The van der Waals surface area contributed by atoms with Gasteiger partial charge in [0.1, 0.15) is 0 Å². The Morgan fingerprint density at radius 3 is 2.87 bits per heavy atom. The van der Waals surface area contributed by atoms with Gasteiger partial charge in [0.15, 0.2) is 0 Å². The second kappa shape index (κ2) is 3.66. The Morgan fingerprint density at radius 1 is 1.67 bits per heavy atom. The highest BCUT2D eigenvalue weighted by Gasteiger charge is 2.31. The quantitative estimate of drug-likeness (QED) is 0.726. The average molecular weight is 209 g/mol. The summed E-state index contributed by atoms with van der Waals surface area (Å²) in [5.74, 6) is 0.530. The van der Waals surface area contributed by atoms with E-state index in [1.54, 1.807) is 17.9 Å². The van der Waals surface area contributed by atoms with Gasteiger partial charge in [-0.05, 0) is 12.8 Å². The zero-order chi connectivity index (χ0) is 11.0. The number of carbonyl (C=O) groups is 1. The molecule has 1 aliphatic rings. The molecule has 1 amide bonds. The van der Waals surface area contributed by atoms with E-state index in [9.17, 15) is 4.79 Å². The van der Waals surface area contributed by atoms with Crippen LogP contribution in [-0.4, -0.2) is 35.1 Å². The van der Waals surface area contributed by atoms with Crippen LogP contribution in [0.25, 0.3) is 0 Å². The molecule has 1 aromatic rings. The summed E-state index contributed by atoms with van der Waals surface area (Å²) in [6.07, 6.45) is 0. The Balaban J connectivity index is 2.10. The largest absolute Gasteiger partial charge is 0.351 e. The molecule has 1 aromatic heterocycles. The van der Waals surface area contributed by atoms with Gasteiger partial charge in [-0.3, -0.25) is 4.79 Å². The van der Waals surface area contributed by atoms with Crippen LogP contribution in [0, 0.1) is 12.8 Å². The lowest BCUT2D eigenvalue weighted by Gasteiger charge is -2.12. The Kier molecular flexibility index (Phi) is 2.48. The van der Waals surface area contributed by atoms with Gasteiger partial charge in [-0.2, -0.15) is 0 Å². The van der Waals surface area contributed by atoms with Crippen molar-refractivity contribution in [3.05, 3.63) is 17.5 Å². The van der Waals surface area contributed by atoms with Crippen molar-refractivity contribution in [3.63, 3.8) is 0 Å². The zero-order valence-electron chi connectivity index (χ0n) is 8.93. The summed E-state index contributed by atoms with van der Waals surface area (Å²) < 4.78 is 4.93. The van der Waals surface area contributed by atoms with Crippen molar-refractivity contribution < 1.29 is 9.32 Å². The number of hydrogen-bond donors (Lipinski definition) is 1. The number of hydrogen-bond acceptors (Lipinski definition) is 4. The summed E-state index contributed by atoms with van der Waals surface area (Å²) in [5.41, 5.74) is 6.57. The molecule has 2 rings (SSSR count). The molecule has 0 spiro atoms. The summed E-state index contributed by atoms with van der Waals surface area (Å²) >= 11 is 0. The number of rotatable bonds is 1. The lowest BCUT2D eigenvalue weighted by Crippen LogP contribution is -2.31. The van der Waals surface area contributed by atoms with E-state index in [0.717, 1.165) is 5.69 Å². The minimum atomic E-state index is -0.115. The van der Waals surface area contributed by atoms with Crippen molar-refractivity contribution >= 4 is 5.91 Å². The number of aryl methyl sites for hydroxylation is 1. The summed E-state index contributed by atoms with van der Waals surface area (Å²) in [4.78, 5) is 13.6. The minimum Gasteiger partial charge on any atom is -0.351 e. The smallest absolute Gasteiger partial charge is 0.292 e. The van der Waals surface area contributed by atoms with Gasteiger partial charge in [-0.15, -0.1) is 0 Å². The molecule has 1 fully saturated rings. The van der Waals surface area contributed by atoms with E-state index in [2.05, 4.69) is 5.16 Å². The van der Waals surface area contributed by atoms with Gasteiger partial charge in [0.05, 0.1) is 5.69 Å². The van der Waals surface area contributed by atoms with E-state index < -0.39 is 0 Å². The first-order chi connectivity index (χ1) is 7.08. The molecule has 2 heterocycles. The average Bonchev–Trinajstić information content (AvgIpc) is 2.74. The first kappa shape index (κ1) is 10.2. The Morgan fingerprint density at radius 2 is 2.40 bits per heavy atom. The van der Waals surface area contributed by atoms with E-state index in [1.807, 2.05) is 6.92 Å². The van der Waals surface area contributed by atoms with E-state index >= 15 is 0 Å². The van der Waals surface area contributed by atoms with Crippen LogP contribution in [0.15, 0.2) is 10.6 Å². The van der Waals surface area contributed by atoms with Crippen molar-refractivity contribution in [2.75, 3.05) is 13.1 Å². The van der Waals surface area contributed by atoms with Crippen molar-refractivity contribution in [2.24, 2.45) is 11.7 Å². The highest BCUT2D eigenvalue weighted by molar-refractivity contribution is 5.91. The van der Waals surface area contributed by atoms with E-state index in [0.29, 0.717) is 24.8 Å². The van der Waals surface area contributed by atoms with Gasteiger partial charge in [0.2, 0.25) is 5.76 Å². The molecule has 0 aromatic carbocycles. The van der Waals surface area contributed by atoms with E-state index in [4.69, 9.17) is 10.3 Å². The SMILES string of the molecule is Cc1cc(C(=O)N2CC(C)C(N)C2)on1. The molecule has 15 heavy (non-hydrogen) atoms. The minimum absolute atomic E-state index is 0.0676. The van der Waals surface area contributed by atoms with Crippen LogP contribution < -0.4 is 5.73 Å². The number of amides is 1. The fraction of sp³-hybridized carbons (Fsp3) is 0.600. The third kappa shape index (κ3) is 1.87. The predicted octanol–water partition coefficient (Wildman–Crippen LogP) is 0.402. The van der Waals surface area contributed by atoms with Crippen LogP contribution >= 0.6 is 0 Å². The molecule has 2 N–H and O–H groups in total. The summed E-state index contributed by atoms with van der Waals surface area (Å²) in [6.45, 7) is 5.13. The van der Waals surface area contributed by atoms with Crippen LogP contribution in [0.3, 0.4) is 0 Å². The zero-order valence-corrected chi connectivity index (χ0v) is 8.93. The Hall–Kier alpha value is -1.36. The maximum atomic E-state index is 11.9. The number of nitrogens with two attached hydrogens (primary N) is 1. The van der Waals surface area contributed by atoms with Crippen LogP contribution in [0.2, 0.25) is 0 Å². The fourth-order valence-electron chi connectivity index (χ4n) is 1.78. The Labute approximate surface area is 88.2 Å². The second-order valence-electron chi connectivity index (χ2n) is 4.18. The van der Waals surface area contributed by atoms with Gasteiger partial charge < -0.3 is 15.2 Å². The number of likely N-dealkylation sites (tertiary alicyclic amines) is 1. The highest BCUT2D eigenvalue weighted by atomic mass is 16.5. The third-order valence-corrected chi connectivity index (χ3v) is 2.80. The third-order valence-electron chi connectivity index (χ3n) is 2.80. The van der Waals surface area contributed by atoms with Gasteiger partial charge in [0.25, 0.3) is 5.91 Å². The molecular formula is C10H15N3O2. The summed E-state index contributed by atoms with van der Waals surface area (Å²) in [7, 11) is 0. The van der Waals surface area contributed by atoms with Gasteiger partial charge in [0, 0.05) is 25.2 Å². The molecule has 0 bridgehead atoms. The molecule has 2 unspecified atom stereocenters. The van der Waals surface area contributed by atoms with E-state index in [-0.39, 0.29) is 11.9 Å². The number of nitrogens with zero attached hydrogens (tertiary/aromatic N) is 2. The van der Waals surface area contributed by atoms with Crippen LogP contribution in [0.5, 0.6) is 0 Å². The highest BCUT2D eigenvalue weighted by Crippen LogP contribution is 2.17. The molecular weight excluding hydrogens is 194 g/mol. The summed E-state index contributed by atoms with van der Waals surface area (Å²) in [5, 5.41) is 3.69. The lowest BCUT2D eigenvalue weighted by atomic mass is 10.1. The van der Waals surface area contributed by atoms with Gasteiger partial charge in [-0.1, -0.05) is 12.1 Å². The van der Waals surface area contributed by atoms with Crippen molar-refractivity contribution in [2.45, 2.75) is 19.9 Å². The van der Waals surface area contributed by atoms with Crippen molar-refractivity contribution in [1.29, 1.82) is 0 Å². The predicted molar refractivity (Wildman–Crippen MR) is 54.3 cm³/mol. The molecule has 1 aliphatic heterocycles. The maximum Gasteiger partial charge on any atom is 0.292 e. The maximum absolute atomic E-state index is 11.9. The standard InChI is InChI=1S/C10H15N3O2/c1-6-4-13(5-8(6)11)10(14)9-3-7(2)12-15-9/h3,6,8H,4-5,11H2,1-2H3. The van der Waals surface area contributed by atoms with Crippen molar-refractivity contribution in [3.8, 4) is 0 Å². The topological polar surface area (TPSA) is 72.4 Å². The number of carbonyl (C=O) groups excluding carboxylic acids is 1. The fourth-order valence-corrected chi connectivity index (χ4v) is 1.78. The van der Waals surface area contributed by atoms with Crippen LogP contribution in [0.4, 0.5) is 0 Å². The monoisotopic (exact) mass is 209 g/mol. The van der Waals surface area contributed by atoms with E-state index in [1.165, 1.54) is 0 Å². The molecule has 5 heteroatoms. The van der Waals surface area contributed by atoms with Gasteiger partial charge >= 0.3 is 0 Å². The normalized spacial score (nSPS) is 25.9. The molecule has 1 saturated heterocycles. The molecule has 0 saturated carbocycles. The molecule has 0 radical (unpaired) electrons.